The van der Waals surface area contributed by atoms with E-state index in [2.05, 4.69) is 13.8 Å². The van der Waals surface area contributed by atoms with Crippen molar-refractivity contribution in [2.75, 3.05) is 18.5 Å². The van der Waals surface area contributed by atoms with Gasteiger partial charge < -0.3 is 10.6 Å². The molecule has 0 spiro atoms. The fourth-order valence-electron chi connectivity index (χ4n) is 1.97. The maximum Gasteiger partial charge on any atom is 0.231 e. The van der Waals surface area contributed by atoms with Crippen LogP contribution in [0.5, 0.6) is 0 Å². The molecule has 1 rings (SSSR count). The first-order valence-electron chi connectivity index (χ1n) is 6.43. The number of hydrogen-bond acceptors (Lipinski definition) is 2. The molecule has 0 saturated heterocycles. The van der Waals surface area contributed by atoms with Gasteiger partial charge >= 0.3 is 0 Å². The van der Waals surface area contributed by atoms with E-state index < -0.39 is 0 Å². The zero-order valence-electron chi connectivity index (χ0n) is 12.0. The molecule has 0 radical (unpaired) electrons. The Bertz CT molecular complexity index is 427. The zero-order chi connectivity index (χ0) is 13.9. The Morgan fingerprint density at radius 2 is 1.89 bits per heavy atom. The summed E-state index contributed by atoms with van der Waals surface area (Å²) in [6, 6.07) is 6.07. The normalized spacial score (nSPS) is 12.6. The van der Waals surface area contributed by atoms with Gasteiger partial charge in [0.05, 0.1) is 5.92 Å². The van der Waals surface area contributed by atoms with E-state index in [1.54, 1.807) is 4.90 Å². The first kappa shape index (κ1) is 14.7. The van der Waals surface area contributed by atoms with Gasteiger partial charge in [-0.2, -0.15) is 0 Å². The second-order valence-electron chi connectivity index (χ2n) is 5.25. The fourth-order valence-corrected chi connectivity index (χ4v) is 1.97. The molecule has 0 aliphatic heterocycles. The lowest BCUT2D eigenvalue weighted by atomic mass is 9.94. The third-order valence-corrected chi connectivity index (χ3v) is 3.58. The summed E-state index contributed by atoms with van der Waals surface area (Å²) in [6.07, 6.45) is 0. The summed E-state index contributed by atoms with van der Waals surface area (Å²) in [4.78, 5) is 14.1. The lowest BCUT2D eigenvalue weighted by Crippen LogP contribution is -2.39. The van der Waals surface area contributed by atoms with Crippen molar-refractivity contribution in [1.82, 2.24) is 0 Å². The van der Waals surface area contributed by atoms with E-state index in [1.807, 2.05) is 39.1 Å². The number of anilines is 1. The topological polar surface area (TPSA) is 46.3 Å². The van der Waals surface area contributed by atoms with E-state index in [1.165, 1.54) is 11.1 Å². The Morgan fingerprint density at radius 1 is 1.28 bits per heavy atom. The molecule has 0 aliphatic carbocycles. The molecule has 1 amide bonds. The molecule has 0 aliphatic rings. The van der Waals surface area contributed by atoms with Crippen LogP contribution in [-0.4, -0.2) is 19.5 Å². The van der Waals surface area contributed by atoms with E-state index in [0.717, 1.165) is 5.69 Å². The molecule has 1 atom stereocenters. The van der Waals surface area contributed by atoms with E-state index in [-0.39, 0.29) is 17.7 Å². The molecule has 0 heterocycles. The average Bonchev–Trinajstić information content (AvgIpc) is 2.32. The number of carbonyl (C=O) groups is 1. The number of benzene rings is 1. The van der Waals surface area contributed by atoms with E-state index >= 15 is 0 Å². The van der Waals surface area contributed by atoms with Crippen LogP contribution in [-0.2, 0) is 4.79 Å². The van der Waals surface area contributed by atoms with Gasteiger partial charge in [-0.25, -0.2) is 0 Å². The lowest BCUT2D eigenvalue weighted by molar-refractivity contribution is -0.123. The molecule has 18 heavy (non-hydrogen) atoms. The van der Waals surface area contributed by atoms with Gasteiger partial charge in [-0.1, -0.05) is 19.9 Å². The molecule has 0 bridgehead atoms. The number of nitrogens with zero attached hydrogens (tertiary/aromatic N) is 1. The number of amides is 1. The van der Waals surface area contributed by atoms with Gasteiger partial charge in [0, 0.05) is 19.3 Å². The van der Waals surface area contributed by atoms with Gasteiger partial charge in [-0.15, -0.1) is 0 Å². The summed E-state index contributed by atoms with van der Waals surface area (Å²) in [5, 5.41) is 0. The van der Waals surface area contributed by atoms with Crippen molar-refractivity contribution < 1.29 is 4.79 Å². The maximum absolute atomic E-state index is 12.4. The van der Waals surface area contributed by atoms with Crippen molar-refractivity contribution in [1.29, 1.82) is 0 Å². The first-order valence-corrected chi connectivity index (χ1v) is 6.43. The highest BCUT2D eigenvalue weighted by Crippen LogP contribution is 2.21. The summed E-state index contributed by atoms with van der Waals surface area (Å²) in [7, 11) is 1.82. The van der Waals surface area contributed by atoms with Crippen LogP contribution < -0.4 is 10.6 Å². The Labute approximate surface area is 110 Å². The van der Waals surface area contributed by atoms with Gasteiger partial charge in [0.1, 0.15) is 0 Å². The molecule has 100 valence electrons. The van der Waals surface area contributed by atoms with E-state index in [4.69, 9.17) is 5.73 Å². The van der Waals surface area contributed by atoms with Crippen LogP contribution in [0.2, 0.25) is 0 Å². The highest BCUT2D eigenvalue weighted by atomic mass is 16.2. The Hall–Kier alpha value is -1.35. The van der Waals surface area contributed by atoms with Crippen LogP contribution in [0.1, 0.15) is 25.0 Å². The summed E-state index contributed by atoms with van der Waals surface area (Å²) in [5.41, 5.74) is 9.06. The van der Waals surface area contributed by atoms with Crippen LogP contribution >= 0.6 is 0 Å². The highest BCUT2D eigenvalue weighted by Gasteiger charge is 2.24. The smallest absolute Gasteiger partial charge is 0.231 e. The third kappa shape index (κ3) is 3.10. The second-order valence-corrected chi connectivity index (χ2v) is 5.25. The molecule has 0 fully saturated rings. The summed E-state index contributed by atoms with van der Waals surface area (Å²) >= 11 is 0. The van der Waals surface area contributed by atoms with Crippen LogP contribution in [0.15, 0.2) is 18.2 Å². The van der Waals surface area contributed by atoms with Crippen LogP contribution in [0.4, 0.5) is 5.69 Å². The predicted octanol–water partition coefficient (Wildman–Crippen LogP) is 2.50. The zero-order valence-corrected chi connectivity index (χ0v) is 12.0. The molecule has 1 aromatic carbocycles. The molecule has 1 unspecified atom stereocenters. The minimum absolute atomic E-state index is 0.0933. The van der Waals surface area contributed by atoms with Crippen molar-refractivity contribution in [2.24, 2.45) is 17.6 Å². The third-order valence-electron chi connectivity index (χ3n) is 3.58. The molecule has 1 aromatic rings. The Balaban J connectivity index is 2.95. The van der Waals surface area contributed by atoms with E-state index in [0.29, 0.717) is 6.54 Å². The number of nitrogens with two attached hydrogens (primary N) is 1. The SMILES string of the molecule is Cc1ccc(N(C)C(=O)C(CN)C(C)C)cc1C. The van der Waals surface area contributed by atoms with Crippen molar-refractivity contribution in [3.63, 3.8) is 0 Å². The van der Waals surface area contributed by atoms with Crippen molar-refractivity contribution in [3.8, 4) is 0 Å². The van der Waals surface area contributed by atoms with Gasteiger partial charge in [-0.05, 0) is 43.0 Å². The van der Waals surface area contributed by atoms with Crippen molar-refractivity contribution in [2.45, 2.75) is 27.7 Å². The first-order chi connectivity index (χ1) is 8.38. The molecule has 2 N–H and O–H groups in total. The fraction of sp³-hybridized carbons (Fsp3) is 0.533. The average molecular weight is 248 g/mol. The largest absolute Gasteiger partial charge is 0.330 e. The molecule has 3 heteroatoms. The predicted molar refractivity (Wildman–Crippen MR) is 76.7 cm³/mol. The van der Waals surface area contributed by atoms with Gasteiger partial charge in [-0.3, -0.25) is 4.79 Å². The van der Waals surface area contributed by atoms with Crippen LogP contribution in [0.25, 0.3) is 0 Å². The summed E-state index contributed by atoms with van der Waals surface area (Å²) in [6.45, 7) is 8.58. The summed E-state index contributed by atoms with van der Waals surface area (Å²) < 4.78 is 0. The second kappa shape index (κ2) is 6.01. The molecule has 0 aromatic heterocycles. The minimum atomic E-state index is -0.114. The monoisotopic (exact) mass is 248 g/mol. The van der Waals surface area contributed by atoms with E-state index in [9.17, 15) is 4.79 Å². The molecule has 0 saturated carbocycles. The maximum atomic E-state index is 12.4. The Morgan fingerprint density at radius 3 is 2.33 bits per heavy atom. The molecular weight excluding hydrogens is 224 g/mol. The summed E-state index contributed by atoms with van der Waals surface area (Å²) in [5.74, 6) is 0.240. The highest BCUT2D eigenvalue weighted by molar-refractivity contribution is 5.94. The van der Waals surface area contributed by atoms with Crippen molar-refractivity contribution in [3.05, 3.63) is 29.3 Å². The lowest BCUT2D eigenvalue weighted by Gasteiger charge is -2.25. The van der Waals surface area contributed by atoms with Gasteiger partial charge in [0.15, 0.2) is 0 Å². The number of aryl methyl sites for hydroxylation is 2. The number of hydrogen-bond donors (Lipinski definition) is 1. The van der Waals surface area contributed by atoms with Gasteiger partial charge in [0.2, 0.25) is 5.91 Å². The standard InChI is InChI=1S/C15H24N2O/c1-10(2)14(9-16)15(18)17(5)13-7-6-11(3)12(4)8-13/h6-8,10,14H,9,16H2,1-5H3. The van der Waals surface area contributed by atoms with Crippen LogP contribution in [0.3, 0.4) is 0 Å². The molecular formula is C15H24N2O. The minimum Gasteiger partial charge on any atom is -0.330 e. The Kier molecular flexibility index (Phi) is 4.91. The molecule has 3 nitrogen and oxygen atoms in total. The number of rotatable bonds is 4. The number of carbonyl (C=O) groups excluding carboxylic acids is 1. The van der Waals surface area contributed by atoms with Gasteiger partial charge in [0.25, 0.3) is 0 Å². The van der Waals surface area contributed by atoms with Crippen LogP contribution in [0, 0.1) is 25.7 Å². The van der Waals surface area contributed by atoms with Crippen molar-refractivity contribution >= 4 is 11.6 Å². The quantitative estimate of drug-likeness (QED) is 0.890.